The predicted octanol–water partition coefficient (Wildman–Crippen LogP) is 1.84. The lowest BCUT2D eigenvalue weighted by Crippen LogP contribution is -2.17. The molecule has 0 saturated heterocycles. The Morgan fingerprint density at radius 1 is 1.41 bits per heavy atom. The van der Waals surface area contributed by atoms with Crippen LogP contribution in [0.5, 0.6) is 0 Å². The standard InChI is InChI=1S/C12H20N4S/c1-9-8-17-12-15-10(2)11(16(9)12)7-14-6-4-3-5-13/h8,14H,3-7,13H2,1-2H3. The molecule has 2 rings (SSSR count). The van der Waals surface area contributed by atoms with E-state index in [1.54, 1.807) is 11.3 Å². The van der Waals surface area contributed by atoms with E-state index in [0.29, 0.717) is 0 Å². The first kappa shape index (κ1) is 12.5. The summed E-state index contributed by atoms with van der Waals surface area (Å²) >= 11 is 1.70. The molecule has 2 aromatic rings. The van der Waals surface area contributed by atoms with Gasteiger partial charge in [-0.05, 0) is 39.8 Å². The van der Waals surface area contributed by atoms with Gasteiger partial charge in [0.1, 0.15) is 0 Å². The summed E-state index contributed by atoms with van der Waals surface area (Å²) in [4.78, 5) is 5.67. The van der Waals surface area contributed by atoms with Crippen molar-refractivity contribution in [2.75, 3.05) is 13.1 Å². The van der Waals surface area contributed by atoms with Gasteiger partial charge in [-0.2, -0.15) is 0 Å². The summed E-state index contributed by atoms with van der Waals surface area (Å²) in [6.45, 7) is 6.89. The molecule has 94 valence electrons. The Kier molecular flexibility index (Phi) is 4.15. The fourth-order valence-electron chi connectivity index (χ4n) is 1.98. The number of thiazole rings is 1. The van der Waals surface area contributed by atoms with Gasteiger partial charge in [-0.25, -0.2) is 4.98 Å². The van der Waals surface area contributed by atoms with Gasteiger partial charge < -0.3 is 11.1 Å². The molecule has 0 saturated carbocycles. The normalized spacial score (nSPS) is 11.5. The van der Waals surface area contributed by atoms with Crippen molar-refractivity contribution >= 4 is 16.3 Å². The second kappa shape index (κ2) is 5.62. The van der Waals surface area contributed by atoms with Gasteiger partial charge in [-0.15, -0.1) is 11.3 Å². The van der Waals surface area contributed by atoms with E-state index in [1.807, 2.05) is 0 Å². The third kappa shape index (κ3) is 2.68. The summed E-state index contributed by atoms with van der Waals surface area (Å²) in [7, 11) is 0. The lowest BCUT2D eigenvalue weighted by molar-refractivity contribution is 0.616. The molecule has 0 aliphatic carbocycles. The van der Waals surface area contributed by atoms with Gasteiger partial charge in [-0.3, -0.25) is 4.40 Å². The number of unbranched alkanes of at least 4 members (excludes halogenated alkanes) is 1. The van der Waals surface area contributed by atoms with Crippen molar-refractivity contribution in [3.8, 4) is 0 Å². The number of nitrogens with two attached hydrogens (primary N) is 1. The molecule has 5 heteroatoms. The first-order valence-corrected chi connectivity index (χ1v) is 6.95. The molecule has 0 bridgehead atoms. The van der Waals surface area contributed by atoms with Gasteiger partial charge in [-0.1, -0.05) is 0 Å². The zero-order chi connectivity index (χ0) is 12.3. The minimum atomic E-state index is 0.779. The van der Waals surface area contributed by atoms with Crippen molar-refractivity contribution in [2.24, 2.45) is 5.73 Å². The van der Waals surface area contributed by atoms with Crippen LogP contribution in [0.3, 0.4) is 0 Å². The highest BCUT2D eigenvalue weighted by atomic mass is 32.1. The Morgan fingerprint density at radius 2 is 2.24 bits per heavy atom. The largest absolute Gasteiger partial charge is 0.330 e. The van der Waals surface area contributed by atoms with Gasteiger partial charge in [0, 0.05) is 17.6 Å². The molecular formula is C12H20N4S. The van der Waals surface area contributed by atoms with Crippen molar-refractivity contribution in [1.29, 1.82) is 0 Å². The van der Waals surface area contributed by atoms with E-state index >= 15 is 0 Å². The number of aromatic nitrogens is 2. The van der Waals surface area contributed by atoms with Crippen LogP contribution in [-0.2, 0) is 6.54 Å². The Hall–Kier alpha value is -0.910. The van der Waals surface area contributed by atoms with E-state index in [9.17, 15) is 0 Å². The smallest absolute Gasteiger partial charge is 0.194 e. The van der Waals surface area contributed by atoms with Crippen LogP contribution >= 0.6 is 11.3 Å². The quantitative estimate of drug-likeness (QED) is 0.771. The van der Waals surface area contributed by atoms with Crippen molar-refractivity contribution < 1.29 is 0 Å². The average Bonchev–Trinajstić information content (AvgIpc) is 2.80. The minimum Gasteiger partial charge on any atom is -0.330 e. The van der Waals surface area contributed by atoms with Crippen LogP contribution in [0.4, 0.5) is 0 Å². The molecule has 0 aliphatic rings. The van der Waals surface area contributed by atoms with Crippen LogP contribution in [0.2, 0.25) is 0 Å². The second-order valence-corrected chi connectivity index (χ2v) is 5.15. The van der Waals surface area contributed by atoms with Crippen LogP contribution in [0, 0.1) is 13.8 Å². The Bertz CT molecular complexity index is 486. The van der Waals surface area contributed by atoms with Crippen molar-refractivity contribution in [3.63, 3.8) is 0 Å². The van der Waals surface area contributed by atoms with Gasteiger partial charge in [0.15, 0.2) is 4.96 Å². The fraction of sp³-hybridized carbons (Fsp3) is 0.583. The van der Waals surface area contributed by atoms with Crippen LogP contribution in [0.25, 0.3) is 4.96 Å². The Labute approximate surface area is 106 Å². The molecule has 0 fully saturated rings. The highest BCUT2D eigenvalue weighted by Gasteiger charge is 2.11. The van der Waals surface area contributed by atoms with E-state index in [-0.39, 0.29) is 0 Å². The second-order valence-electron chi connectivity index (χ2n) is 4.31. The van der Waals surface area contributed by atoms with E-state index in [4.69, 9.17) is 5.73 Å². The van der Waals surface area contributed by atoms with Crippen LogP contribution in [-0.4, -0.2) is 22.5 Å². The average molecular weight is 252 g/mol. The molecular weight excluding hydrogens is 232 g/mol. The monoisotopic (exact) mass is 252 g/mol. The van der Waals surface area contributed by atoms with Crippen LogP contribution < -0.4 is 11.1 Å². The number of hydrogen-bond donors (Lipinski definition) is 2. The maximum absolute atomic E-state index is 5.47. The fourth-order valence-corrected chi connectivity index (χ4v) is 2.91. The maximum Gasteiger partial charge on any atom is 0.194 e. The molecule has 4 nitrogen and oxygen atoms in total. The van der Waals surface area contributed by atoms with Crippen molar-refractivity contribution in [3.05, 3.63) is 22.5 Å². The van der Waals surface area contributed by atoms with E-state index in [1.165, 1.54) is 11.4 Å². The third-order valence-corrected chi connectivity index (χ3v) is 3.87. The Morgan fingerprint density at radius 3 is 3.00 bits per heavy atom. The first-order chi connectivity index (χ1) is 8.24. The third-order valence-electron chi connectivity index (χ3n) is 2.93. The molecule has 0 atom stereocenters. The lowest BCUT2D eigenvalue weighted by atomic mass is 10.3. The van der Waals surface area contributed by atoms with Gasteiger partial charge in [0.2, 0.25) is 0 Å². The molecule has 17 heavy (non-hydrogen) atoms. The van der Waals surface area contributed by atoms with Gasteiger partial charge in [0.05, 0.1) is 11.4 Å². The number of nitrogens with zero attached hydrogens (tertiary/aromatic N) is 2. The molecule has 0 spiro atoms. The van der Waals surface area contributed by atoms with E-state index < -0.39 is 0 Å². The molecule has 3 N–H and O–H groups in total. The molecule has 0 radical (unpaired) electrons. The first-order valence-electron chi connectivity index (χ1n) is 6.07. The number of rotatable bonds is 6. The number of imidazole rings is 1. The molecule has 0 aliphatic heterocycles. The summed E-state index contributed by atoms with van der Waals surface area (Å²) in [5, 5.41) is 5.61. The molecule has 0 unspecified atom stereocenters. The van der Waals surface area contributed by atoms with Crippen molar-refractivity contribution in [2.45, 2.75) is 33.2 Å². The van der Waals surface area contributed by atoms with Crippen molar-refractivity contribution in [1.82, 2.24) is 14.7 Å². The minimum absolute atomic E-state index is 0.779. The zero-order valence-electron chi connectivity index (χ0n) is 10.5. The molecule has 2 heterocycles. The topological polar surface area (TPSA) is 55.3 Å². The van der Waals surface area contributed by atoms with E-state index in [0.717, 1.165) is 43.1 Å². The van der Waals surface area contributed by atoms with Crippen LogP contribution in [0.15, 0.2) is 5.38 Å². The predicted molar refractivity (Wildman–Crippen MR) is 72.5 cm³/mol. The Balaban J connectivity index is 2.02. The molecule has 0 aromatic carbocycles. The highest BCUT2D eigenvalue weighted by Crippen LogP contribution is 2.20. The zero-order valence-corrected chi connectivity index (χ0v) is 11.3. The van der Waals surface area contributed by atoms with Gasteiger partial charge in [0.25, 0.3) is 0 Å². The number of nitrogens with one attached hydrogen (secondary N) is 1. The van der Waals surface area contributed by atoms with Gasteiger partial charge >= 0.3 is 0 Å². The number of fused-ring (bicyclic) bond motifs is 1. The maximum atomic E-state index is 5.47. The van der Waals surface area contributed by atoms with Crippen LogP contribution in [0.1, 0.15) is 29.9 Å². The SMILES string of the molecule is Cc1nc2scc(C)n2c1CNCCCCN. The lowest BCUT2D eigenvalue weighted by Gasteiger charge is -2.05. The summed E-state index contributed by atoms with van der Waals surface area (Å²) in [6, 6.07) is 0. The molecule has 2 aromatic heterocycles. The highest BCUT2D eigenvalue weighted by molar-refractivity contribution is 7.15. The van der Waals surface area contributed by atoms with E-state index in [2.05, 4.69) is 33.9 Å². The summed E-state index contributed by atoms with van der Waals surface area (Å²) in [6.07, 6.45) is 2.23. The number of hydrogen-bond acceptors (Lipinski definition) is 4. The summed E-state index contributed by atoms with van der Waals surface area (Å²) in [5.41, 5.74) is 9.15. The number of aryl methyl sites for hydroxylation is 2. The summed E-state index contributed by atoms with van der Waals surface area (Å²) in [5.74, 6) is 0. The molecule has 0 amide bonds. The summed E-state index contributed by atoms with van der Waals surface area (Å²) < 4.78 is 2.25.